The van der Waals surface area contributed by atoms with Gasteiger partial charge in [-0.25, -0.2) is 4.79 Å². The van der Waals surface area contributed by atoms with Gasteiger partial charge in [0.1, 0.15) is 0 Å². The number of aryl methyl sites for hydroxylation is 2. The SMILES string of the molecule is CNC.Cc1c(-c2ccccn2)ccc2c(CCC3CCN(C(=O)O)CC3)noc12. The number of hydrogen-bond donors (Lipinski definition) is 2. The highest BCUT2D eigenvalue weighted by Crippen LogP contribution is 2.31. The van der Waals surface area contributed by atoms with E-state index in [1.807, 2.05) is 39.2 Å². The quantitative estimate of drug-likeness (QED) is 0.664. The van der Waals surface area contributed by atoms with Crippen molar-refractivity contribution in [3.05, 3.63) is 47.8 Å². The third-order valence-corrected chi connectivity index (χ3v) is 5.58. The van der Waals surface area contributed by atoms with Gasteiger partial charge in [-0.2, -0.15) is 0 Å². The predicted molar refractivity (Wildman–Crippen MR) is 118 cm³/mol. The maximum Gasteiger partial charge on any atom is 0.407 e. The number of likely N-dealkylation sites (tertiary alicyclic amines) is 1. The third kappa shape index (κ3) is 4.97. The second-order valence-corrected chi connectivity index (χ2v) is 7.71. The zero-order valence-corrected chi connectivity index (χ0v) is 17.9. The molecule has 7 heteroatoms. The number of carbonyl (C=O) groups is 1. The minimum Gasteiger partial charge on any atom is -0.465 e. The number of benzene rings is 1. The molecule has 0 radical (unpaired) electrons. The van der Waals surface area contributed by atoms with E-state index in [2.05, 4.69) is 27.6 Å². The minimum absolute atomic E-state index is 0.543. The summed E-state index contributed by atoms with van der Waals surface area (Å²) in [6.45, 7) is 3.31. The lowest BCUT2D eigenvalue weighted by Crippen LogP contribution is -2.37. The van der Waals surface area contributed by atoms with Gasteiger partial charge in [-0.05, 0) is 70.8 Å². The molecule has 3 heterocycles. The Morgan fingerprint density at radius 1 is 1.23 bits per heavy atom. The van der Waals surface area contributed by atoms with Crippen molar-refractivity contribution in [2.24, 2.45) is 5.92 Å². The van der Waals surface area contributed by atoms with Crippen LogP contribution in [-0.2, 0) is 6.42 Å². The van der Waals surface area contributed by atoms with E-state index < -0.39 is 6.09 Å². The van der Waals surface area contributed by atoms with Crippen LogP contribution in [0.3, 0.4) is 0 Å². The summed E-state index contributed by atoms with van der Waals surface area (Å²) in [4.78, 5) is 16.9. The second kappa shape index (κ2) is 10.2. The molecule has 0 unspecified atom stereocenters. The van der Waals surface area contributed by atoms with Gasteiger partial charge >= 0.3 is 6.09 Å². The lowest BCUT2D eigenvalue weighted by atomic mass is 9.91. The number of fused-ring (bicyclic) bond motifs is 1. The Morgan fingerprint density at radius 2 is 1.97 bits per heavy atom. The van der Waals surface area contributed by atoms with Gasteiger partial charge in [0.05, 0.1) is 11.4 Å². The fraction of sp³-hybridized carbons (Fsp3) is 0.435. The summed E-state index contributed by atoms with van der Waals surface area (Å²) < 4.78 is 5.67. The van der Waals surface area contributed by atoms with Crippen molar-refractivity contribution >= 4 is 17.1 Å². The summed E-state index contributed by atoms with van der Waals surface area (Å²) in [5.74, 6) is 0.543. The molecule has 1 aliphatic heterocycles. The summed E-state index contributed by atoms with van der Waals surface area (Å²) in [6.07, 6.45) is 4.69. The smallest absolute Gasteiger partial charge is 0.407 e. The van der Waals surface area contributed by atoms with Crippen LogP contribution in [0, 0.1) is 12.8 Å². The summed E-state index contributed by atoms with van der Waals surface area (Å²) in [5, 5.41) is 17.2. The normalized spacial score (nSPS) is 14.4. The van der Waals surface area contributed by atoms with Crippen molar-refractivity contribution in [3.8, 4) is 11.3 Å². The van der Waals surface area contributed by atoms with Crippen LogP contribution < -0.4 is 5.32 Å². The highest BCUT2D eigenvalue weighted by atomic mass is 16.5. The Balaban J connectivity index is 0.000000806. The lowest BCUT2D eigenvalue weighted by molar-refractivity contribution is 0.123. The van der Waals surface area contributed by atoms with Crippen LogP contribution in [0.5, 0.6) is 0 Å². The van der Waals surface area contributed by atoms with Crippen LogP contribution in [0.25, 0.3) is 22.2 Å². The van der Waals surface area contributed by atoms with E-state index >= 15 is 0 Å². The van der Waals surface area contributed by atoms with Gasteiger partial charge in [0.25, 0.3) is 0 Å². The predicted octanol–water partition coefficient (Wildman–Crippen LogP) is 4.36. The van der Waals surface area contributed by atoms with Crippen LogP contribution in [-0.4, -0.2) is 53.4 Å². The second-order valence-electron chi connectivity index (χ2n) is 7.71. The highest BCUT2D eigenvalue weighted by Gasteiger charge is 2.23. The van der Waals surface area contributed by atoms with E-state index in [4.69, 9.17) is 9.63 Å². The third-order valence-electron chi connectivity index (χ3n) is 5.58. The molecule has 3 aromatic rings. The van der Waals surface area contributed by atoms with E-state index in [0.717, 1.165) is 59.2 Å². The molecule has 1 aliphatic rings. The number of aromatic nitrogens is 2. The van der Waals surface area contributed by atoms with Crippen molar-refractivity contribution in [2.75, 3.05) is 27.2 Å². The fourth-order valence-electron chi connectivity index (χ4n) is 3.92. The number of carboxylic acid groups (broad SMARTS) is 1. The van der Waals surface area contributed by atoms with Gasteiger partial charge in [0.2, 0.25) is 0 Å². The summed E-state index contributed by atoms with van der Waals surface area (Å²) >= 11 is 0. The minimum atomic E-state index is -0.810. The molecule has 0 spiro atoms. The number of piperidine rings is 1. The van der Waals surface area contributed by atoms with Gasteiger partial charge in [0, 0.05) is 35.8 Å². The molecule has 1 saturated heterocycles. The van der Waals surface area contributed by atoms with Gasteiger partial charge in [-0.3, -0.25) is 4.98 Å². The van der Waals surface area contributed by atoms with Crippen LogP contribution in [0.1, 0.15) is 30.5 Å². The molecule has 1 fully saturated rings. The Kier molecular flexibility index (Phi) is 7.41. The van der Waals surface area contributed by atoms with Gasteiger partial charge in [-0.1, -0.05) is 17.3 Å². The topological polar surface area (TPSA) is 91.5 Å². The number of amides is 1. The number of nitrogens with zero attached hydrogens (tertiary/aromatic N) is 3. The summed E-state index contributed by atoms with van der Waals surface area (Å²) in [6, 6.07) is 10.0. The first kappa shape index (κ1) is 21.8. The average Bonchev–Trinajstić information content (AvgIpc) is 3.18. The summed E-state index contributed by atoms with van der Waals surface area (Å²) in [7, 11) is 3.75. The van der Waals surface area contributed by atoms with Gasteiger partial charge in [0.15, 0.2) is 5.58 Å². The number of pyridine rings is 1. The lowest BCUT2D eigenvalue weighted by Gasteiger charge is -2.29. The molecule has 30 heavy (non-hydrogen) atoms. The molecule has 0 bridgehead atoms. The van der Waals surface area contributed by atoms with E-state index in [1.54, 1.807) is 6.20 Å². The van der Waals surface area contributed by atoms with Crippen LogP contribution in [0.15, 0.2) is 41.1 Å². The molecule has 2 N–H and O–H groups in total. The number of nitrogens with one attached hydrogen (secondary N) is 1. The zero-order valence-electron chi connectivity index (χ0n) is 17.9. The van der Waals surface area contributed by atoms with Crippen molar-refractivity contribution in [1.29, 1.82) is 0 Å². The van der Waals surface area contributed by atoms with Crippen LogP contribution in [0.4, 0.5) is 4.79 Å². The van der Waals surface area contributed by atoms with Gasteiger partial charge < -0.3 is 19.8 Å². The standard InChI is InChI=1S/C21H23N3O3.C2H7N/c1-14-16(18-4-2-3-11-22-18)6-7-17-19(23-27-20(14)17)8-5-15-9-12-24(13-10-15)21(25)26;1-3-2/h2-4,6-7,11,15H,5,8-10,12-13H2,1H3,(H,25,26);3H,1-2H3. The van der Waals surface area contributed by atoms with Crippen molar-refractivity contribution in [2.45, 2.75) is 32.6 Å². The molecule has 7 nitrogen and oxygen atoms in total. The molecule has 0 saturated carbocycles. The van der Waals surface area contributed by atoms with Crippen molar-refractivity contribution in [3.63, 3.8) is 0 Å². The van der Waals surface area contributed by atoms with E-state index in [9.17, 15) is 4.79 Å². The molecule has 4 rings (SSSR count). The summed E-state index contributed by atoms with van der Waals surface area (Å²) in [5.41, 5.74) is 4.86. The van der Waals surface area contributed by atoms with Crippen LogP contribution >= 0.6 is 0 Å². The fourth-order valence-corrected chi connectivity index (χ4v) is 3.92. The van der Waals surface area contributed by atoms with Crippen molar-refractivity contribution in [1.82, 2.24) is 20.4 Å². The Bertz CT molecular complexity index is 963. The number of hydrogen-bond acceptors (Lipinski definition) is 5. The number of rotatable bonds is 4. The van der Waals surface area contributed by atoms with Crippen LogP contribution in [0.2, 0.25) is 0 Å². The average molecular weight is 411 g/mol. The zero-order chi connectivity index (χ0) is 21.5. The van der Waals surface area contributed by atoms with E-state index in [1.165, 1.54) is 4.90 Å². The first-order valence-electron chi connectivity index (χ1n) is 10.4. The maximum absolute atomic E-state index is 11.0. The molecule has 1 amide bonds. The van der Waals surface area contributed by atoms with E-state index in [0.29, 0.717) is 19.0 Å². The Hall–Kier alpha value is -2.93. The molecule has 160 valence electrons. The van der Waals surface area contributed by atoms with Crippen molar-refractivity contribution < 1.29 is 14.4 Å². The Labute approximate surface area is 177 Å². The van der Waals surface area contributed by atoms with Gasteiger partial charge in [-0.15, -0.1) is 0 Å². The maximum atomic E-state index is 11.0. The molecular weight excluding hydrogens is 380 g/mol. The first-order chi connectivity index (χ1) is 14.5. The molecule has 0 atom stereocenters. The largest absolute Gasteiger partial charge is 0.465 e. The highest BCUT2D eigenvalue weighted by molar-refractivity contribution is 5.88. The molecule has 0 aliphatic carbocycles. The first-order valence-corrected chi connectivity index (χ1v) is 10.4. The molecule has 1 aromatic carbocycles. The molecular formula is C23H30N4O3. The molecule has 2 aromatic heterocycles. The Morgan fingerprint density at radius 3 is 2.60 bits per heavy atom. The van der Waals surface area contributed by atoms with E-state index in [-0.39, 0.29) is 0 Å². The monoisotopic (exact) mass is 410 g/mol.